The van der Waals surface area contributed by atoms with Gasteiger partial charge >= 0.3 is 0 Å². The molecule has 0 N–H and O–H groups in total. The van der Waals surface area contributed by atoms with Crippen molar-refractivity contribution in [2.45, 2.75) is 157 Å². The highest BCUT2D eigenvalue weighted by molar-refractivity contribution is 5.05. The van der Waals surface area contributed by atoms with Gasteiger partial charge in [-0.3, -0.25) is 14.7 Å². The molecular weight excluding hydrogens is 540 g/mol. The van der Waals surface area contributed by atoms with Gasteiger partial charge < -0.3 is 14.7 Å². The van der Waals surface area contributed by atoms with Crippen molar-refractivity contribution in [3.63, 3.8) is 0 Å². The van der Waals surface area contributed by atoms with Gasteiger partial charge in [-0.2, -0.15) is 0 Å². The van der Waals surface area contributed by atoms with Crippen LogP contribution < -0.4 is 0 Å². The van der Waals surface area contributed by atoms with E-state index in [2.05, 4.69) is 71.2 Å². The molecule has 44 heavy (non-hydrogen) atoms. The van der Waals surface area contributed by atoms with E-state index in [1.54, 1.807) is 0 Å². The molecule has 0 aliphatic carbocycles. The Bertz CT molecular complexity index is 744. The Kier molecular flexibility index (Phi) is 17.7. The van der Waals surface area contributed by atoms with Crippen LogP contribution in [0.5, 0.6) is 0 Å². The van der Waals surface area contributed by atoms with Crippen LogP contribution in [-0.4, -0.2) is 145 Å². The lowest BCUT2D eigenvalue weighted by molar-refractivity contribution is 0.0512. The Labute approximate surface area is 277 Å². The van der Waals surface area contributed by atoms with Crippen molar-refractivity contribution in [2.24, 2.45) is 5.41 Å². The monoisotopic (exact) mass is 621 g/mol. The summed E-state index contributed by atoms with van der Waals surface area (Å²) < 4.78 is 0. The Balaban J connectivity index is 0.000000263. The minimum atomic E-state index is 0.546. The predicted octanol–water partition coefficient (Wildman–Crippen LogP) is 6.99. The number of nitrogens with zero attached hydrogens (tertiary/aromatic N) is 6. The molecular formula is C38H80N6. The second-order valence-electron chi connectivity index (χ2n) is 14.9. The van der Waals surface area contributed by atoms with Crippen LogP contribution in [0.15, 0.2) is 0 Å². The maximum atomic E-state index is 2.93. The van der Waals surface area contributed by atoms with Crippen LogP contribution in [0.2, 0.25) is 0 Å². The second-order valence-corrected chi connectivity index (χ2v) is 14.9. The summed E-state index contributed by atoms with van der Waals surface area (Å²) in [6.45, 7) is 36.0. The van der Waals surface area contributed by atoms with Crippen molar-refractivity contribution in [3.05, 3.63) is 0 Å². The van der Waals surface area contributed by atoms with Gasteiger partial charge in [0.1, 0.15) is 0 Å². The van der Waals surface area contributed by atoms with Crippen LogP contribution in [0.25, 0.3) is 0 Å². The first-order chi connectivity index (χ1) is 21.2. The first kappa shape index (κ1) is 39.9. The summed E-state index contributed by atoms with van der Waals surface area (Å²) in [6, 6.07) is 3.19. The summed E-state index contributed by atoms with van der Waals surface area (Å²) in [5, 5.41) is 0. The predicted molar refractivity (Wildman–Crippen MR) is 195 cm³/mol. The Hall–Kier alpha value is -0.240. The van der Waals surface area contributed by atoms with Crippen LogP contribution >= 0.6 is 0 Å². The minimum absolute atomic E-state index is 0.546. The van der Waals surface area contributed by atoms with Crippen LogP contribution in [0.3, 0.4) is 0 Å². The van der Waals surface area contributed by atoms with Crippen molar-refractivity contribution in [1.82, 2.24) is 29.4 Å². The fourth-order valence-electron chi connectivity index (χ4n) is 9.14. The number of likely N-dealkylation sites (tertiary alicyclic amines) is 6. The summed E-state index contributed by atoms with van der Waals surface area (Å²) >= 11 is 0. The average Bonchev–Trinajstić information content (AvgIpc) is 3.86. The molecule has 2 atom stereocenters. The third kappa shape index (κ3) is 10.4. The van der Waals surface area contributed by atoms with Crippen molar-refractivity contribution in [1.29, 1.82) is 0 Å². The molecule has 6 rings (SSSR count). The third-order valence-corrected chi connectivity index (χ3v) is 11.7. The standard InChI is InChI=1S/2C16H31N3.3C2H6/c1-14(2)18-8-4-15(5-9-18)19-11-7-16(13-19)6-10-17(3)12-16;1-14(2)18-12-8-16(13-18)7-4-9-19(16)15-5-10-17(3)11-6-15;3*1-2/h2*14-15H,4-13H2,1-3H3;3*1-2H3. The van der Waals surface area contributed by atoms with Gasteiger partial charge in [-0.15, -0.1) is 0 Å². The summed E-state index contributed by atoms with van der Waals surface area (Å²) in [5.41, 5.74) is 1.20. The highest BCUT2D eigenvalue weighted by Gasteiger charge is 2.49. The molecule has 6 aliphatic heterocycles. The van der Waals surface area contributed by atoms with E-state index in [0.29, 0.717) is 11.0 Å². The molecule has 6 saturated heterocycles. The fraction of sp³-hybridized carbons (Fsp3) is 1.00. The van der Waals surface area contributed by atoms with Crippen LogP contribution in [-0.2, 0) is 0 Å². The minimum Gasteiger partial charge on any atom is -0.306 e. The maximum absolute atomic E-state index is 2.93. The van der Waals surface area contributed by atoms with E-state index in [9.17, 15) is 0 Å². The van der Waals surface area contributed by atoms with Gasteiger partial charge in [0, 0.05) is 55.9 Å². The molecule has 0 amide bonds. The summed E-state index contributed by atoms with van der Waals surface area (Å²) in [5.74, 6) is 0. The molecule has 0 radical (unpaired) electrons. The molecule has 6 heterocycles. The van der Waals surface area contributed by atoms with E-state index >= 15 is 0 Å². The smallest absolute Gasteiger partial charge is 0.0352 e. The van der Waals surface area contributed by atoms with Crippen LogP contribution in [0.1, 0.15) is 127 Å². The van der Waals surface area contributed by atoms with Gasteiger partial charge in [0.05, 0.1) is 0 Å². The molecule has 2 unspecified atom stereocenters. The van der Waals surface area contributed by atoms with Gasteiger partial charge in [-0.25, -0.2) is 0 Å². The van der Waals surface area contributed by atoms with Crippen LogP contribution in [0, 0.1) is 5.41 Å². The van der Waals surface area contributed by atoms with E-state index in [1.165, 1.54) is 130 Å². The lowest BCUT2D eigenvalue weighted by Crippen LogP contribution is -2.54. The molecule has 6 aliphatic rings. The molecule has 0 aromatic heterocycles. The normalized spacial score (nSPS) is 31.5. The average molecular weight is 621 g/mol. The summed E-state index contributed by atoms with van der Waals surface area (Å²) in [4.78, 5) is 16.1. The van der Waals surface area contributed by atoms with Crippen molar-refractivity contribution in [3.8, 4) is 0 Å². The molecule has 6 nitrogen and oxygen atoms in total. The Morgan fingerprint density at radius 2 is 1.07 bits per heavy atom. The number of piperidine rings is 2. The van der Waals surface area contributed by atoms with Gasteiger partial charge in [0.25, 0.3) is 0 Å². The van der Waals surface area contributed by atoms with E-state index in [1.807, 2.05) is 41.5 Å². The zero-order valence-corrected chi connectivity index (χ0v) is 32.1. The lowest BCUT2D eigenvalue weighted by Gasteiger charge is -2.44. The van der Waals surface area contributed by atoms with E-state index in [4.69, 9.17) is 0 Å². The zero-order valence-electron chi connectivity index (χ0n) is 32.1. The van der Waals surface area contributed by atoms with Gasteiger partial charge in [-0.05, 0) is 151 Å². The fourth-order valence-corrected chi connectivity index (χ4v) is 9.14. The van der Waals surface area contributed by atoms with Gasteiger partial charge in [0.15, 0.2) is 0 Å². The molecule has 6 fully saturated rings. The molecule has 0 aromatic carbocycles. The summed E-state index contributed by atoms with van der Waals surface area (Å²) in [6.07, 6.45) is 12.7. The molecule has 0 bridgehead atoms. The largest absolute Gasteiger partial charge is 0.306 e. The van der Waals surface area contributed by atoms with Crippen molar-refractivity contribution >= 4 is 0 Å². The lowest BCUT2D eigenvalue weighted by atomic mass is 9.86. The van der Waals surface area contributed by atoms with Crippen molar-refractivity contribution < 1.29 is 0 Å². The van der Waals surface area contributed by atoms with E-state index in [0.717, 1.165) is 24.2 Å². The number of hydrogen-bond donors (Lipinski definition) is 0. The molecule has 6 heteroatoms. The molecule has 262 valence electrons. The van der Waals surface area contributed by atoms with Crippen molar-refractivity contribution in [2.75, 3.05) is 86.1 Å². The number of hydrogen-bond acceptors (Lipinski definition) is 6. The maximum Gasteiger partial charge on any atom is 0.0352 e. The first-order valence-electron chi connectivity index (χ1n) is 19.5. The highest BCUT2D eigenvalue weighted by atomic mass is 15.3. The highest BCUT2D eigenvalue weighted by Crippen LogP contribution is 2.42. The first-order valence-corrected chi connectivity index (χ1v) is 19.5. The quantitative estimate of drug-likeness (QED) is 0.335. The third-order valence-electron chi connectivity index (χ3n) is 11.7. The Morgan fingerprint density at radius 1 is 0.500 bits per heavy atom. The summed E-state index contributed by atoms with van der Waals surface area (Å²) in [7, 11) is 4.56. The zero-order chi connectivity index (χ0) is 32.9. The topological polar surface area (TPSA) is 19.4 Å². The second kappa shape index (κ2) is 19.5. The van der Waals surface area contributed by atoms with E-state index < -0.39 is 0 Å². The van der Waals surface area contributed by atoms with Gasteiger partial charge in [0.2, 0.25) is 0 Å². The number of rotatable bonds is 4. The Morgan fingerprint density at radius 3 is 1.59 bits per heavy atom. The SMILES string of the molecule is CC.CC.CC.CC(C)N1CCC(N2CCC3(CCN(C)C3)C2)CC1.CC(C)N1CCC2(CCCN2C2CCN(C)CC2)C1. The molecule has 0 aromatic rings. The van der Waals surface area contributed by atoms with E-state index in [-0.39, 0.29) is 0 Å². The van der Waals surface area contributed by atoms with Crippen LogP contribution in [0.4, 0.5) is 0 Å². The molecule has 2 spiro atoms. The van der Waals surface area contributed by atoms with Gasteiger partial charge in [-0.1, -0.05) is 41.5 Å². The molecule has 0 saturated carbocycles.